The van der Waals surface area contributed by atoms with Crippen molar-refractivity contribution >= 4 is 23.4 Å². The summed E-state index contributed by atoms with van der Waals surface area (Å²) in [5.74, 6) is 1.59. The molecule has 0 aliphatic carbocycles. The number of amides is 3. The molecule has 0 spiro atoms. The zero-order valence-electron chi connectivity index (χ0n) is 20.1. The molecule has 0 bridgehead atoms. The Bertz CT molecular complexity index is 1030. The number of nitrogens with one attached hydrogen (secondary N) is 3. The minimum atomic E-state index is -0.236. The molecule has 0 unspecified atom stereocenters. The summed E-state index contributed by atoms with van der Waals surface area (Å²) in [5.41, 5.74) is 3.68. The lowest BCUT2D eigenvalue weighted by Crippen LogP contribution is -2.46. The van der Waals surface area contributed by atoms with Crippen molar-refractivity contribution in [3.8, 4) is 11.4 Å². The van der Waals surface area contributed by atoms with E-state index < -0.39 is 0 Å². The first-order valence-electron chi connectivity index (χ1n) is 11.8. The third-order valence-electron chi connectivity index (χ3n) is 6.15. The minimum absolute atomic E-state index is 0.00467. The molecule has 3 amide bonds. The fraction of sp³-hybridized carbons (Fsp3) is 0.500. The molecule has 3 N–H and O–H groups in total. The van der Waals surface area contributed by atoms with E-state index in [0.717, 1.165) is 42.1 Å². The van der Waals surface area contributed by atoms with Crippen LogP contribution >= 0.6 is 0 Å². The van der Waals surface area contributed by atoms with Crippen LogP contribution in [0.25, 0.3) is 11.4 Å². The molecule has 1 aromatic carbocycles. The maximum atomic E-state index is 11.9. The van der Waals surface area contributed by atoms with Crippen LogP contribution in [0.15, 0.2) is 24.3 Å². The first kappa shape index (κ1) is 23.9. The van der Waals surface area contributed by atoms with Gasteiger partial charge in [0.05, 0.1) is 31.5 Å². The number of urea groups is 1. The van der Waals surface area contributed by atoms with E-state index >= 15 is 0 Å². The second-order valence-corrected chi connectivity index (χ2v) is 8.61. The maximum Gasteiger partial charge on any atom is 0.319 e. The van der Waals surface area contributed by atoms with Crippen LogP contribution in [-0.2, 0) is 22.5 Å². The van der Waals surface area contributed by atoms with Gasteiger partial charge in [-0.05, 0) is 44.5 Å². The van der Waals surface area contributed by atoms with E-state index in [9.17, 15) is 9.59 Å². The number of ether oxygens (including phenoxy) is 1. The molecule has 4 rings (SSSR count). The average molecular weight is 468 g/mol. The lowest BCUT2D eigenvalue weighted by Gasteiger charge is -2.37. The van der Waals surface area contributed by atoms with Crippen molar-refractivity contribution in [2.75, 3.05) is 56.7 Å². The summed E-state index contributed by atoms with van der Waals surface area (Å²) in [6.45, 7) is 8.43. The monoisotopic (exact) mass is 467 g/mol. The van der Waals surface area contributed by atoms with Crippen LogP contribution in [0.3, 0.4) is 0 Å². The van der Waals surface area contributed by atoms with E-state index in [4.69, 9.17) is 14.7 Å². The molecule has 1 saturated heterocycles. The second kappa shape index (κ2) is 10.8. The van der Waals surface area contributed by atoms with Gasteiger partial charge in [0.2, 0.25) is 5.91 Å². The number of nitrogens with zero attached hydrogens (tertiary/aromatic N) is 4. The zero-order valence-corrected chi connectivity index (χ0v) is 20.1. The molecular formula is C24H33N7O3. The number of likely N-dealkylation sites (N-methyl/N-ethyl adjacent to an activating group) is 1. The van der Waals surface area contributed by atoms with Crippen LogP contribution in [0.1, 0.15) is 25.1 Å². The van der Waals surface area contributed by atoms with E-state index in [1.54, 1.807) is 7.05 Å². The molecule has 182 valence electrons. The third kappa shape index (κ3) is 5.45. The molecule has 10 nitrogen and oxygen atoms in total. The van der Waals surface area contributed by atoms with Crippen molar-refractivity contribution in [2.24, 2.45) is 0 Å². The van der Waals surface area contributed by atoms with Gasteiger partial charge >= 0.3 is 6.03 Å². The second-order valence-electron chi connectivity index (χ2n) is 8.61. The van der Waals surface area contributed by atoms with Gasteiger partial charge in [0.25, 0.3) is 0 Å². The normalized spacial score (nSPS) is 18.2. The number of hydrogen-bond donors (Lipinski definition) is 3. The topological polar surface area (TPSA) is 112 Å². The van der Waals surface area contributed by atoms with E-state index in [2.05, 4.69) is 32.7 Å². The summed E-state index contributed by atoms with van der Waals surface area (Å²) in [7, 11) is 1.66. The summed E-state index contributed by atoms with van der Waals surface area (Å²) in [4.78, 5) is 38.1. The van der Waals surface area contributed by atoms with Gasteiger partial charge in [-0.1, -0.05) is 0 Å². The Morgan fingerprint density at radius 3 is 2.68 bits per heavy atom. The minimum Gasteiger partial charge on any atom is -0.377 e. The standard InChI is InChI=1S/C24H33N7O3/c1-4-26-24(33)27-18-7-5-17(6-8-18)22-28-20-13-30(14-21(32)25-3)10-9-19(20)23(29-22)31-11-12-34-15-16(31)2/h5-8,16H,4,9-15H2,1-3H3,(H,25,32)(H2,26,27,33)/t16-/m0/s1. The Kier molecular flexibility index (Phi) is 7.59. The van der Waals surface area contributed by atoms with Crippen molar-refractivity contribution < 1.29 is 14.3 Å². The zero-order chi connectivity index (χ0) is 24.1. The first-order valence-corrected chi connectivity index (χ1v) is 11.8. The number of carbonyl (C=O) groups is 2. The molecule has 34 heavy (non-hydrogen) atoms. The Hall–Kier alpha value is -3.24. The summed E-state index contributed by atoms with van der Waals surface area (Å²) in [5, 5.41) is 8.23. The molecule has 1 fully saturated rings. The highest BCUT2D eigenvalue weighted by Crippen LogP contribution is 2.31. The number of fused-ring (bicyclic) bond motifs is 1. The Morgan fingerprint density at radius 2 is 1.97 bits per heavy atom. The first-order chi connectivity index (χ1) is 16.5. The number of aromatic nitrogens is 2. The SMILES string of the molecule is CCNC(=O)Nc1ccc(-c2nc3c(c(N4CCOC[C@@H]4C)n2)CCN(CC(=O)NC)C3)cc1. The van der Waals surface area contributed by atoms with Gasteiger partial charge in [-0.25, -0.2) is 14.8 Å². The molecule has 0 saturated carbocycles. The van der Waals surface area contributed by atoms with Crippen molar-refractivity contribution in [1.82, 2.24) is 25.5 Å². The third-order valence-corrected chi connectivity index (χ3v) is 6.15. The van der Waals surface area contributed by atoms with Gasteiger partial charge in [-0.15, -0.1) is 0 Å². The molecular weight excluding hydrogens is 434 g/mol. The molecule has 2 aliphatic heterocycles. The van der Waals surface area contributed by atoms with E-state index in [1.165, 1.54) is 0 Å². The van der Waals surface area contributed by atoms with Gasteiger partial charge in [0.1, 0.15) is 5.82 Å². The molecule has 3 heterocycles. The van der Waals surface area contributed by atoms with Gasteiger partial charge in [-0.3, -0.25) is 9.69 Å². The number of rotatable bonds is 6. The lowest BCUT2D eigenvalue weighted by molar-refractivity contribution is -0.122. The van der Waals surface area contributed by atoms with Crippen LogP contribution in [0.4, 0.5) is 16.3 Å². The van der Waals surface area contributed by atoms with Gasteiger partial charge < -0.3 is 25.6 Å². The number of carbonyl (C=O) groups excluding carboxylic acids is 2. The molecule has 10 heteroatoms. The molecule has 2 aliphatic rings. The van der Waals surface area contributed by atoms with Crippen molar-refractivity contribution in [2.45, 2.75) is 32.9 Å². The van der Waals surface area contributed by atoms with E-state index in [1.807, 2.05) is 31.2 Å². The van der Waals surface area contributed by atoms with Crippen LogP contribution in [-0.4, -0.2) is 79.3 Å². The number of anilines is 2. The summed E-state index contributed by atoms with van der Waals surface area (Å²) >= 11 is 0. The highest BCUT2D eigenvalue weighted by atomic mass is 16.5. The summed E-state index contributed by atoms with van der Waals surface area (Å²) in [6.07, 6.45) is 0.793. The van der Waals surface area contributed by atoms with Gasteiger partial charge in [-0.2, -0.15) is 0 Å². The lowest BCUT2D eigenvalue weighted by atomic mass is 10.0. The predicted octanol–water partition coefficient (Wildman–Crippen LogP) is 1.61. The van der Waals surface area contributed by atoms with Crippen LogP contribution in [0.2, 0.25) is 0 Å². The van der Waals surface area contributed by atoms with Gasteiger partial charge in [0, 0.05) is 50.0 Å². The number of morpholine rings is 1. The predicted molar refractivity (Wildman–Crippen MR) is 131 cm³/mol. The largest absolute Gasteiger partial charge is 0.377 e. The number of benzene rings is 1. The number of hydrogen-bond acceptors (Lipinski definition) is 7. The molecule has 0 radical (unpaired) electrons. The Labute approximate surface area is 200 Å². The smallest absolute Gasteiger partial charge is 0.319 e. The van der Waals surface area contributed by atoms with Crippen LogP contribution in [0.5, 0.6) is 0 Å². The van der Waals surface area contributed by atoms with Crippen molar-refractivity contribution in [3.05, 3.63) is 35.5 Å². The fourth-order valence-corrected chi connectivity index (χ4v) is 4.33. The van der Waals surface area contributed by atoms with Crippen LogP contribution < -0.4 is 20.9 Å². The van der Waals surface area contributed by atoms with Crippen molar-refractivity contribution in [3.63, 3.8) is 0 Å². The quantitative estimate of drug-likeness (QED) is 0.592. The fourth-order valence-electron chi connectivity index (χ4n) is 4.33. The average Bonchev–Trinajstić information content (AvgIpc) is 2.84. The van der Waals surface area contributed by atoms with E-state index in [-0.39, 0.29) is 18.0 Å². The maximum absolute atomic E-state index is 11.9. The van der Waals surface area contributed by atoms with Crippen molar-refractivity contribution in [1.29, 1.82) is 0 Å². The van der Waals surface area contributed by atoms with Crippen LogP contribution in [0, 0.1) is 0 Å². The summed E-state index contributed by atoms with van der Waals surface area (Å²) < 4.78 is 5.65. The molecule has 1 atom stereocenters. The molecule has 1 aromatic heterocycles. The molecule has 2 aromatic rings. The Balaban J connectivity index is 1.66. The Morgan fingerprint density at radius 1 is 1.18 bits per heavy atom. The summed E-state index contributed by atoms with van der Waals surface area (Å²) in [6, 6.07) is 7.51. The van der Waals surface area contributed by atoms with Gasteiger partial charge in [0.15, 0.2) is 5.82 Å². The van der Waals surface area contributed by atoms with E-state index in [0.29, 0.717) is 44.4 Å². The highest BCUT2D eigenvalue weighted by molar-refractivity contribution is 5.89. The highest BCUT2D eigenvalue weighted by Gasteiger charge is 2.29.